The van der Waals surface area contributed by atoms with Crippen molar-refractivity contribution in [2.24, 2.45) is 0 Å². The van der Waals surface area contributed by atoms with E-state index in [-0.39, 0.29) is 65.4 Å². The molecule has 79 heavy (non-hydrogen) atoms. The molecule has 1 heterocycles. The van der Waals surface area contributed by atoms with Crippen molar-refractivity contribution in [3.05, 3.63) is 185 Å². The van der Waals surface area contributed by atoms with Crippen LogP contribution in [-0.2, 0) is 62.4 Å². The number of nitrogens with zero attached hydrogens (tertiary/aromatic N) is 3. The van der Waals surface area contributed by atoms with Gasteiger partial charge in [0.25, 0.3) is 0 Å². The third-order valence-electron chi connectivity index (χ3n) is 13.3. The molecular weight excluding hydrogens is 1050 g/mol. The Labute approximate surface area is 469 Å². The van der Waals surface area contributed by atoms with Crippen LogP contribution in [0.25, 0.3) is 0 Å². The van der Waals surface area contributed by atoms with Crippen LogP contribution in [0.5, 0.6) is 28.7 Å². The van der Waals surface area contributed by atoms with Crippen LogP contribution in [0.2, 0.25) is 51.4 Å². The van der Waals surface area contributed by atoms with E-state index in [9.17, 15) is 9.67 Å². The average molecular weight is 1130 g/mol. The van der Waals surface area contributed by atoms with Gasteiger partial charge in [-0.25, -0.2) is 9.80 Å². The first-order chi connectivity index (χ1) is 38.0. The number of aliphatic hydroxyl groups is 1. The zero-order valence-electron chi connectivity index (χ0n) is 47.2. The van der Waals surface area contributed by atoms with Crippen molar-refractivity contribution in [3.63, 3.8) is 0 Å². The molecule has 0 spiro atoms. The fourth-order valence-corrected chi connectivity index (χ4v) is 11.4. The number of amides is 2. The van der Waals surface area contributed by atoms with Crippen molar-refractivity contribution in [3.8, 4) is 28.7 Å². The summed E-state index contributed by atoms with van der Waals surface area (Å²) in [6.45, 7) is 16.0. The number of hydrazine groups is 1. The van der Waals surface area contributed by atoms with Crippen LogP contribution in [0.3, 0.4) is 0 Å². The van der Waals surface area contributed by atoms with E-state index < -0.39 is 35.9 Å². The third kappa shape index (κ3) is 19.7. The molecule has 0 unspecified atom stereocenters. The minimum Gasteiger partial charge on any atom is -0.493 e. The molecule has 7 rings (SSSR count). The normalized spacial score (nSPS) is 15.4. The first-order valence-corrected chi connectivity index (χ1v) is 36.1. The van der Waals surface area contributed by atoms with Gasteiger partial charge in [0.05, 0.1) is 46.1 Å². The molecule has 6 aromatic rings. The molecule has 15 nitrogen and oxygen atoms in total. The highest BCUT2D eigenvalue weighted by atomic mass is 31.2. The summed E-state index contributed by atoms with van der Waals surface area (Å²) in [6, 6.07) is 48.6. The topological polar surface area (TPSA) is 147 Å². The summed E-state index contributed by atoms with van der Waals surface area (Å²) in [5, 5.41) is 16.1. The highest BCUT2D eigenvalue weighted by Crippen LogP contribution is 2.50. The van der Waals surface area contributed by atoms with Crippen LogP contribution in [0, 0.1) is 0 Å². The number of benzene rings is 6. The Morgan fingerprint density at radius 2 is 1.01 bits per heavy atom. The van der Waals surface area contributed by atoms with Gasteiger partial charge in [0.1, 0.15) is 5.75 Å². The Morgan fingerprint density at radius 3 is 1.49 bits per heavy atom. The van der Waals surface area contributed by atoms with Crippen LogP contribution in [-0.4, -0.2) is 108 Å². The molecule has 1 aliphatic rings. The van der Waals surface area contributed by atoms with Gasteiger partial charge >= 0.3 is 13.6 Å². The Hall–Kier alpha value is -5.99. The summed E-state index contributed by atoms with van der Waals surface area (Å²) in [4.78, 5) is 17.5. The molecule has 0 bridgehead atoms. The Bertz CT molecular complexity index is 2790. The molecule has 1 N–H and O–H groups in total. The van der Waals surface area contributed by atoms with E-state index >= 15 is 4.79 Å². The number of aliphatic hydroxyl groups excluding tert-OH is 1. The van der Waals surface area contributed by atoms with E-state index in [0.29, 0.717) is 48.4 Å². The predicted molar refractivity (Wildman–Crippen MR) is 314 cm³/mol. The average Bonchev–Trinajstić information content (AvgIpc) is 3.60. The Balaban J connectivity index is 1.15. The van der Waals surface area contributed by atoms with E-state index in [4.69, 9.17) is 42.2 Å². The number of β-amino-alcohol motifs (C(OH)–C–C–N with tert-alkyl or cyclic N) is 1. The summed E-state index contributed by atoms with van der Waals surface area (Å²) in [7, 11) is -3.15. The molecule has 0 saturated carbocycles. The van der Waals surface area contributed by atoms with Gasteiger partial charge in [0.15, 0.2) is 42.9 Å². The van der Waals surface area contributed by atoms with Gasteiger partial charge in [0, 0.05) is 49.0 Å². The van der Waals surface area contributed by atoms with Gasteiger partial charge in [-0.15, -0.1) is 0 Å². The van der Waals surface area contributed by atoms with Crippen LogP contribution < -0.4 is 23.7 Å². The molecule has 6 aromatic carbocycles. The summed E-state index contributed by atoms with van der Waals surface area (Å²) in [5.74, 6) is 2.48. The van der Waals surface area contributed by atoms with Gasteiger partial charge in [-0.3, -0.25) is 9.57 Å². The maximum Gasteiger partial charge on any atom is 0.368 e. The van der Waals surface area contributed by atoms with E-state index in [0.717, 1.165) is 45.5 Å². The van der Waals surface area contributed by atoms with E-state index in [2.05, 4.69) is 39.3 Å². The van der Waals surface area contributed by atoms with E-state index in [1.165, 1.54) is 0 Å². The van der Waals surface area contributed by atoms with Crippen LogP contribution in [0.1, 0.15) is 33.4 Å². The fourth-order valence-electron chi connectivity index (χ4n) is 8.63. The Morgan fingerprint density at radius 1 is 0.544 bits per heavy atom. The van der Waals surface area contributed by atoms with Crippen molar-refractivity contribution in [2.45, 2.75) is 103 Å². The van der Waals surface area contributed by atoms with Gasteiger partial charge in [0.2, 0.25) is 0 Å². The number of urea groups is 1. The maximum atomic E-state index is 15.7. The minimum atomic E-state index is -3.77. The molecule has 0 radical (unpaired) electrons. The smallest absolute Gasteiger partial charge is 0.368 e. The van der Waals surface area contributed by atoms with Gasteiger partial charge < -0.3 is 52.2 Å². The molecular formula is C61H80N3O12PSi2. The largest absolute Gasteiger partial charge is 0.493 e. The fraction of sp³-hybridized carbons (Fsp3) is 0.393. The summed E-state index contributed by atoms with van der Waals surface area (Å²) >= 11 is 0. The summed E-state index contributed by atoms with van der Waals surface area (Å²) in [5.41, 5.74) is 5.05. The van der Waals surface area contributed by atoms with Gasteiger partial charge in [-0.05, 0) is 88.3 Å². The third-order valence-corrected chi connectivity index (χ3v) is 18.2. The Kier molecular flexibility index (Phi) is 22.6. The molecule has 0 aromatic heterocycles. The molecule has 18 heteroatoms. The molecule has 1 fully saturated rings. The van der Waals surface area contributed by atoms with Crippen molar-refractivity contribution >= 4 is 29.8 Å². The number of carbonyl (C=O) groups excluding carboxylic acids is 1. The number of hydrogen-bond donors (Lipinski definition) is 1. The van der Waals surface area contributed by atoms with Crippen molar-refractivity contribution < 1.29 is 56.7 Å². The summed E-state index contributed by atoms with van der Waals surface area (Å²) in [6.07, 6.45) is -0.928. The standard InChI is InChI=1S/C61H80N3O12PSi2/c1-68-59-37-52(26-30-57(59)72-45-70-32-34-78(3,4)5)40-63-55(36-48-18-12-9-13-19-48)56(65)42-62(64(61(63)66)41-53-27-31-58(60(38-53)69-2)73-46-71-33-35-79(6,7)8)39-49-24-28-54(29-25-49)74-47-77(67,75-43-50-20-14-10-15-21-50)76-44-51-22-16-11-17-23-51/h9-31,37-38,55-56,65H,32-36,39-47H2,1-8H3/t55-,56-/m1/s1. The number of methoxy groups -OCH3 is 2. The van der Waals surface area contributed by atoms with Crippen molar-refractivity contribution in [2.75, 3.05) is 53.9 Å². The number of rotatable bonds is 31. The second-order valence-electron chi connectivity index (χ2n) is 22.1. The SMILES string of the molecule is COc1cc(CN2C(=O)N(Cc3ccc(OCOCC[Si](C)(C)C)c(OC)c3)N(Cc3ccc(OCP(=O)(OCc4ccccc4)OCc4ccccc4)cc3)C[C@@H](O)[C@H]2Cc2ccccc2)ccc1OCOCC[Si](C)(C)C. The van der Waals surface area contributed by atoms with Crippen LogP contribution in [0.4, 0.5) is 4.79 Å². The highest BCUT2D eigenvalue weighted by Gasteiger charge is 2.40. The first-order valence-electron chi connectivity index (χ1n) is 26.9. The molecule has 1 saturated heterocycles. The first kappa shape index (κ1) is 60.6. The lowest BCUT2D eigenvalue weighted by molar-refractivity contribution is -0.0214. The molecule has 1 aliphatic heterocycles. The zero-order chi connectivity index (χ0) is 56.3. The van der Waals surface area contributed by atoms with Crippen molar-refractivity contribution in [1.29, 1.82) is 0 Å². The zero-order valence-corrected chi connectivity index (χ0v) is 50.1. The number of ether oxygens (including phenoxy) is 7. The number of carbonyl (C=O) groups is 1. The van der Waals surface area contributed by atoms with E-state index in [1.54, 1.807) is 36.3 Å². The van der Waals surface area contributed by atoms with Crippen molar-refractivity contribution in [1.82, 2.24) is 14.9 Å². The van der Waals surface area contributed by atoms with Crippen LogP contribution in [0.15, 0.2) is 152 Å². The number of hydrogen-bond acceptors (Lipinski definition) is 13. The maximum absolute atomic E-state index is 15.7. The lowest BCUT2D eigenvalue weighted by Crippen LogP contribution is -2.51. The lowest BCUT2D eigenvalue weighted by Gasteiger charge is -2.36. The highest BCUT2D eigenvalue weighted by molar-refractivity contribution is 7.53. The molecule has 0 aliphatic carbocycles. The summed E-state index contributed by atoms with van der Waals surface area (Å²) < 4.78 is 67.8. The second-order valence-corrected chi connectivity index (χ2v) is 35.4. The van der Waals surface area contributed by atoms with Crippen LogP contribution >= 0.6 is 7.60 Å². The van der Waals surface area contributed by atoms with Gasteiger partial charge in [-0.2, -0.15) is 0 Å². The molecule has 2 amide bonds. The quantitative estimate of drug-likeness (QED) is 0.0191. The van der Waals surface area contributed by atoms with E-state index in [1.807, 2.05) is 145 Å². The minimum absolute atomic E-state index is 0.0752. The monoisotopic (exact) mass is 1130 g/mol. The lowest BCUT2D eigenvalue weighted by atomic mass is 9.99. The van der Waals surface area contributed by atoms with Gasteiger partial charge in [-0.1, -0.05) is 155 Å². The molecule has 2 atom stereocenters. The molecule has 424 valence electrons. The predicted octanol–water partition coefficient (Wildman–Crippen LogP) is 12.9. The second kappa shape index (κ2) is 29.5.